The minimum Gasteiger partial charge on any atom is -0.141 e. The zero-order chi connectivity index (χ0) is 21.5. The molecule has 0 saturated heterocycles. The number of fused-ring (bicyclic) bond motifs is 9. The summed E-state index contributed by atoms with van der Waals surface area (Å²) in [6.45, 7) is 0. The van der Waals surface area contributed by atoms with E-state index in [0.29, 0.717) is 0 Å². The molecule has 0 aliphatic carbocycles. The van der Waals surface area contributed by atoms with Gasteiger partial charge in [0.05, 0.1) is 28.2 Å². The van der Waals surface area contributed by atoms with Gasteiger partial charge in [0.25, 0.3) is 0 Å². The Hall–Kier alpha value is -1.14. The standard InChI is InChI=1S/C16H6S6.C8H4S3/c1-3-17-13-7(1)19-11-5-9(21-15(11)13)10-6-12-16(22-10)14-8(20-12)2-4-18-14;1-3-9-7-5(1)11-6-2-4-10-8(6)7/h1-6H;1-4H. The normalized spacial score (nSPS) is 12.2. The minimum absolute atomic E-state index is 1.43. The lowest BCUT2D eigenvalue weighted by Gasteiger charge is -1.88. The first-order valence-corrected chi connectivity index (χ1v) is 17.5. The highest BCUT2D eigenvalue weighted by Crippen LogP contribution is 2.49. The summed E-state index contributed by atoms with van der Waals surface area (Å²) in [4.78, 5) is 2.85. The summed E-state index contributed by atoms with van der Waals surface area (Å²) in [5.41, 5.74) is 0. The molecule has 0 aliphatic heterocycles. The lowest BCUT2D eigenvalue weighted by molar-refractivity contribution is 2.07. The van der Waals surface area contributed by atoms with Crippen LogP contribution in [0.25, 0.3) is 66.2 Å². The lowest BCUT2D eigenvalue weighted by Crippen LogP contribution is -1.57. The molecule has 0 unspecified atom stereocenters. The molecular weight excluding hydrogens is 577 g/mol. The van der Waals surface area contributed by atoms with Crippen LogP contribution in [-0.2, 0) is 0 Å². The molecule has 0 nitrogen and oxygen atoms in total. The van der Waals surface area contributed by atoms with Gasteiger partial charge in [-0.1, -0.05) is 0 Å². The molecule has 0 fully saturated rings. The van der Waals surface area contributed by atoms with Crippen LogP contribution in [0.3, 0.4) is 0 Å². The van der Waals surface area contributed by atoms with Crippen molar-refractivity contribution < 1.29 is 0 Å². The molecule has 0 N–H and O–H groups in total. The summed E-state index contributed by atoms with van der Waals surface area (Å²) in [5.74, 6) is 0. The van der Waals surface area contributed by atoms with Crippen molar-refractivity contribution in [2.24, 2.45) is 0 Å². The van der Waals surface area contributed by atoms with Gasteiger partial charge in [0.1, 0.15) is 0 Å². The smallest absolute Gasteiger partial charge is 0.0636 e. The highest BCUT2D eigenvalue weighted by atomic mass is 32.1. The Bertz CT molecular complexity index is 1900. The van der Waals surface area contributed by atoms with E-state index in [4.69, 9.17) is 0 Å². The maximum Gasteiger partial charge on any atom is 0.0636 e. The Morgan fingerprint density at radius 3 is 1.06 bits per heavy atom. The van der Waals surface area contributed by atoms with Gasteiger partial charge >= 0.3 is 0 Å². The van der Waals surface area contributed by atoms with Crippen LogP contribution in [0.2, 0.25) is 0 Å². The van der Waals surface area contributed by atoms with Crippen LogP contribution in [-0.4, -0.2) is 0 Å². The predicted molar refractivity (Wildman–Crippen MR) is 164 cm³/mol. The summed E-state index contributed by atoms with van der Waals surface area (Å²) in [6, 6.07) is 13.7. The van der Waals surface area contributed by atoms with E-state index in [1.807, 2.05) is 102 Å². The quantitative estimate of drug-likeness (QED) is 0.179. The third-order valence-electron chi connectivity index (χ3n) is 5.43. The Morgan fingerprint density at radius 1 is 0.333 bits per heavy atom. The molecule has 0 saturated carbocycles. The first-order chi connectivity index (χ1) is 16.3. The van der Waals surface area contributed by atoms with Gasteiger partial charge in [-0.25, -0.2) is 0 Å². The summed E-state index contributed by atoms with van der Waals surface area (Å²) in [6.07, 6.45) is 0. The third kappa shape index (κ3) is 3.11. The highest BCUT2D eigenvalue weighted by Gasteiger charge is 2.16. The van der Waals surface area contributed by atoms with Crippen molar-refractivity contribution in [1.29, 1.82) is 0 Å². The van der Waals surface area contributed by atoms with E-state index >= 15 is 0 Å². The second kappa shape index (κ2) is 7.68. The predicted octanol–water partition coefficient (Wildman–Crippen LogP) is 12.5. The number of thiophene rings is 9. The van der Waals surface area contributed by atoms with Crippen LogP contribution in [0.5, 0.6) is 0 Å². The largest absolute Gasteiger partial charge is 0.141 e. The molecule has 9 aromatic rings. The fourth-order valence-corrected chi connectivity index (χ4v) is 15.1. The van der Waals surface area contributed by atoms with Crippen LogP contribution < -0.4 is 0 Å². The van der Waals surface area contributed by atoms with Gasteiger partial charge < -0.3 is 0 Å². The van der Waals surface area contributed by atoms with Gasteiger partial charge in [0, 0.05) is 38.0 Å². The van der Waals surface area contributed by atoms with Gasteiger partial charge in [-0.2, -0.15) is 0 Å². The van der Waals surface area contributed by atoms with E-state index in [9.17, 15) is 0 Å². The first kappa shape index (κ1) is 20.1. The molecule has 9 heterocycles. The first-order valence-electron chi connectivity index (χ1n) is 9.94. The van der Waals surface area contributed by atoms with Gasteiger partial charge in [0.15, 0.2) is 0 Å². The van der Waals surface area contributed by atoms with E-state index in [1.54, 1.807) is 0 Å². The van der Waals surface area contributed by atoms with Crippen LogP contribution >= 0.6 is 102 Å². The fourth-order valence-electron chi connectivity index (χ4n) is 3.99. The van der Waals surface area contributed by atoms with Crippen molar-refractivity contribution in [3.05, 3.63) is 57.9 Å². The van der Waals surface area contributed by atoms with Crippen molar-refractivity contribution in [1.82, 2.24) is 0 Å². The number of hydrogen-bond acceptors (Lipinski definition) is 9. The Kier molecular flexibility index (Phi) is 4.68. The average Bonchev–Trinajstić information content (AvgIpc) is 3.60. The molecule has 9 heteroatoms. The maximum atomic E-state index is 2.39. The van der Waals surface area contributed by atoms with E-state index in [-0.39, 0.29) is 0 Å². The molecule has 0 bridgehead atoms. The summed E-state index contributed by atoms with van der Waals surface area (Å²) >= 11 is 17.1. The summed E-state index contributed by atoms with van der Waals surface area (Å²) in [5, 5.41) is 8.74. The average molecular weight is 587 g/mol. The molecule has 9 aromatic heterocycles. The second-order valence-electron chi connectivity index (χ2n) is 7.37. The van der Waals surface area contributed by atoms with Crippen LogP contribution in [0.4, 0.5) is 0 Å². The topological polar surface area (TPSA) is 0 Å². The molecule has 0 aliphatic rings. The van der Waals surface area contributed by atoms with Crippen LogP contribution in [0.1, 0.15) is 0 Å². The molecule has 0 atom stereocenters. The molecular formula is C24H10S9. The van der Waals surface area contributed by atoms with E-state index in [2.05, 4.69) is 57.9 Å². The SMILES string of the molecule is c1cc2sc3cc(-c4cc5sc6ccsc6c5s4)sc3c2s1.c1cc2sc3ccsc3c2s1. The van der Waals surface area contributed by atoms with Gasteiger partial charge in [0.2, 0.25) is 0 Å². The van der Waals surface area contributed by atoms with E-state index < -0.39 is 0 Å². The molecule has 33 heavy (non-hydrogen) atoms. The molecule has 160 valence electrons. The van der Waals surface area contributed by atoms with Crippen molar-refractivity contribution in [3.8, 4) is 9.75 Å². The maximum absolute atomic E-state index is 2.39. The van der Waals surface area contributed by atoms with Gasteiger partial charge in [-0.15, -0.1) is 102 Å². The Morgan fingerprint density at radius 2 is 0.667 bits per heavy atom. The van der Waals surface area contributed by atoms with Crippen molar-refractivity contribution >= 4 is 158 Å². The highest BCUT2D eigenvalue weighted by molar-refractivity contribution is 7.42. The molecule has 9 rings (SSSR count). The van der Waals surface area contributed by atoms with Crippen molar-refractivity contribution in [2.45, 2.75) is 0 Å². The lowest BCUT2D eigenvalue weighted by atomic mass is 10.3. The summed E-state index contributed by atoms with van der Waals surface area (Å²) < 4.78 is 17.5. The molecule has 0 aromatic carbocycles. The van der Waals surface area contributed by atoms with Crippen molar-refractivity contribution in [3.63, 3.8) is 0 Å². The minimum atomic E-state index is 1.43. The van der Waals surface area contributed by atoms with Crippen LogP contribution in [0, 0.1) is 0 Å². The number of hydrogen-bond donors (Lipinski definition) is 0. The van der Waals surface area contributed by atoms with E-state index in [1.165, 1.54) is 66.2 Å². The van der Waals surface area contributed by atoms with Gasteiger partial charge in [-0.05, 0) is 57.9 Å². The third-order valence-corrected chi connectivity index (χ3v) is 16.1. The number of rotatable bonds is 1. The Labute approximate surface area is 223 Å². The monoisotopic (exact) mass is 586 g/mol. The Balaban J connectivity index is 0.000000135. The molecule has 0 amide bonds. The fraction of sp³-hybridized carbons (Fsp3) is 0. The van der Waals surface area contributed by atoms with Crippen LogP contribution in [0.15, 0.2) is 57.9 Å². The van der Waals surface area contributed by atoms with Gasteiger partial charge in [-0.3, -0.25) is 0 Å². The zero-order valence-corrected chi connectivity index (χ0v) is 23.8. The second-order valence-corrected chi connectivity index (χ2v) is 16.4. The zero-order valence-electron chi connectivity index (χ0n) is 16.4. The van der Waals surface area contributed by atoms with Crippen molar-refractivity contribution in [2.75, 3.05) is 0 Å². The summed E-state index contributed by atoms with van der Waals surface area (Å²) in [7, 11) is 0. The van der Waals surface area contributed by atoms with E-state index in [0.717, 1.165) is 0 Å². The molecule has 0 spiro atoms. The molecule has 0 radical (unpaired) electrons.